The molecule has 0 heterocycles. The van der Waals surface area contributed by atoms with E-state index in [-0.39, 0.29) is 16.9 Å². The molecule has 0 spiro atoms. The van der Waals surface area contributed by atoms with Crippen molar-refractivity contribution in [3.63, 3.8) is 0 Å². The molecule has 5 heteroatoms. The fourth-order valence-corrected chi connectivity index (χ4v) is 3.04. The Kier molecular flexibility index (Phi) is 5.38. The molecule has 0 fully saturated rings. The van der Waals surface area contributed by atoms with E-state index in [1.807, 2.05) is 39.8 Å². The molecule has 19 heavy (non-hydrogen) atoms. The first kappa shape index (κ1) is 16.0. The number of anilines is 1. The second-order valence-corrected chi connectivity index (χ2v) is 6.70. The van der Waals surface area contributed by atoms with Gasteiger partial charge in [0.25, 0.3) is 10.1 Å². The molecule has 0 aliphatic carbocycles. The van der Waals surface area contributed by atoms with Crippen LogP contribution in [0.1, 0.15) is 27.2 Å². The molecule has 0 N–H and O–H groups in total. The van der Waals surface area contributed by atoms with Crippen molar-refractivity contribution in [2.75, 3.05) is 19.0 Å². The smallest absolute Gasteiger partial charge is 0.297 e. The maximum absolute atomic E-state index is 12.2. The summed E-state index contributed by atoms with van der Waals surface area (Å²) in [6.45, 7) is 5.84. The van der Waals surface area contributed by atoms with Crippen molar-refractivity contribution in [2.24, 2.45) is 5.92 Å². The van der Waals surface area contributed by atoms with Gasteiger partial charge in [-0.3, -0.25) is 4.18 Å². The molecule has 0 saturated carbocycles. The molecule has 0 saturated heterocycles. The first-order valence-electron chi connectivity index (χ1n) is 6.48. The Morgan fingerprint density at radius 1 is 1.16 bits per heavy atom. The maximum Gasteiger partial charge on any atom is 0.297 e. The molecule has 0 radical (unpaired) electrons. The summed E-state index contributed by atoms with van der Waals surface area (Å²) in [7, 11) is 0.140. The minimum absolute atomic E-state index is 0.167. The van der Waals surface area contributed by atoms with E-state index in [9.17, 15) is 8.42 Å². The highest BCUT2D eigenvalue weighted by atomic mass is 32.2. The van der Waals surface area contributed by atoms with Crippen molar-refractivity contribution >= 4 is 15.8 Å². The van der Waals surface area contributed by atoms with Gasteiger partial charge in [-0.2, -0.15) is 8.42 Å². The zero-order valence-corrected chi connectivity index (χ0v) is 13.1. The highest BCUT2D eigenvalue weighted by Gasteiger charge is 2.22. The highest BCUT2D eigenvalue weighted by Crippen LogP contribution is 2.21. The van der Waals surface area contributed by atoms with Crippen molar-refractivity contribution in [3.05, 3.63) is 24.3 Å². The van der Waals surface area contributed by atoms with Crippen LogP contribution in [0.4, 0.5) is 5.69 Å². The molecule has 1 rings (SSSR count). The number of rotatable bonds is 6. The Hall–Kier alpha value is -1.07. The average Bonchev–Trinajstić information content (AvgIpc) is 2.35. The SMILES string of the molecule is CCC(OS(=O)(=O)c1ccc(N(C)C)cc1)C(C)C. The van der Waals surface area contributed by atoms with Gasteiger partial charge < -0.3 is 4.90 Å². The van der Waals surface area contributed by atoms with Gasteiger partial charge in [0.1, 0.15) is 0 Å². The zero-order chi connectivity index (χ0) is 14.6. The van der Waals surface area contributed by atoms with Crippen LogP contribution in [0.2, 0.25) is 0 Å². The lowest BCUT2D eigenvalue weighted by Crippen LogP contribution is -2.23. The Morgan fingerprint density at radius 3 is 2.05 bits per heavy atom. The number of nitrogens with zero attached hydrogens (tertiary/aromatic N) is 1. The lowest BCUT2D eigenvalue weighted by atomic mass is 10.1. The van der Waals surface area contributed by atoms with Gasteiger partial charge in [-0.25, -0.2) is 0 Å². The topological polar surface area (TPSA) is 46.6 Å². The van der Waals surface area contributed by atoms with Crippen LogP contribution in [0, 0.1) is 5.92 Å². The van der Waals surface area contributed by atoms with Gasteiger partial charge in [-0.15, -0.1) is 0 Å². The van der Waals surface area contributed by atoms with Gasteiger partial charge in [0, 0.05) is 19.8 Å². The summed E-state index contributed by atoms with van der Waals surface area (Å²) in [5, 5.41) is 0. The second-order valence-electron chi connectivity index (χ2n) is 5.13. The second kappa shape index (κ2) is 6.39. The molecule has 1 aromatic carbocycles. The van der Waals surface area contributed by atoms with Crippen molar-refractivity contribution in [1.82, 2.24) is 0 Å². The zero-order valence-electron chi connectivity index (χ0n) is 12.3. The third-order valence-electron chi connectivity index (χ3n) is 3.04. The van der Waals surface area contributed by atoms with E-state index in [1.54, 1.807) is 24.3 Å². The molecule has 0 aliphatic heterocycles. The minimum Gasteiger partial charge on any atom is -0.378 e. The Balaban J connectivity index is 2.94. The predicted molar refractivity (Wildman–Crippen MR) is 78.0 cm³/mol. The number of hydrogen-bond donors (Lipinski definition) is 0. The third-order valence-corrected chi connectivity index (χ3v) is 4.39. The van der Waals surface area contributed by atoms with E-state index in [4.69, 9.17) is 4.18 Å². The minimum atomic E-state index is -3.68. The molecule has 0 bridgehead atoms. The fourth-order valence-electron chi connectivity index (χ4n) is 1.78. The molecule has 1 unspecified atom stereocenters. The van der Waals surface area contributed by atoms with Crippen LogP contribution < -0.4 is 4.90 Å². The predicted octanol–water partition coefficient (Wildman–Crippen LogP) is 2.89. The van der Waals surface area contributed by atoms with Crippen molar-refractivity contribution in [2.45, 2.75) is 38.2 Å². The van der Waals surface area contributed by atoms with Crippen LogP contribution in [0.25, 0.3) is 0 Å². The summed E-state index contributed by atoms with van der Waals surface area (Å²) in [4.78, 5) is 2.12. The number of benzene rings is 1. The molecule has 4 nitrogen and oxygen atoms in total. The molecule has 1 atom stereocenters. The largest absolute Gasteiger partial charge is 0.378 e. The monoisotopic (exact) mass is 285 g/mol. The van der Waals surface area contributed by atoms with Crippen LogP contribution in [-0.4, -0.2) is 28.6 Å². The van der Waals surface area contributed by atoms with E-state index in [1.165, 1.54) is 0 Å². The van der Waals surface area contributed by atoms with Gasteiger partial charge in [-0.05, 0) is 36.6 Å². The van der Waals surface area contributed by atoms with E-state index in [0.717, 1.165) is 5.69 Å². The van der Waals surface area contributed by atoms with Crippen LogP contribution >= 0.6 is 0 Å². The van der Waals surface area contributed by atoms with Gasteiger partial charge in [0.15, 0.2) is 0 Å². The Bertz CT molecular complexity index is 492. The standard InChI is InChI=1S/C14H23NO3S/c1-6-14(11(2)3)18-19(16,17)13-9-7-12(8-10-13)15(4)5/h7-11,14H,6H2,1-5H3. The van der Waals surface area contributed by atoms with Crippen molar-refractivity contribution < 1.29 is 12.6 Å². The molecule has 0 aliphatic rings. The van der Waals surface area contributed by atoms with Gasteiger partial charge >= 0.3 is 0 Å². The molecule has 0 aromatic heterocycles. The third kappa shape index (κ3) is 4.21. The Labute approximate surface area is 116 Å². The first-order valence-corrected chi connectivity index (χ1v) is 7.89. The quantitative estimate of drug-likeness (QED) is 0.754. The van der Waals surface area contributed by atoms with Crippen molar-refractivity contribution in [1.29, 1.82) is 0 Å². The van der Waals surface area contributed by atoms with E-state index in [0.29, 0.717) is 6.42 Å². The molecular weight excluding hydrogens is 262 g/mol. The normalized spacial score (nSPS) is 13.6. The fraction of sp³-hybridized carbons (Fsp3) is 0.571. The van der Waals surface area contributed by atoms with Gasteiger partial charge in [0.2, 0.25) is 0 Å². The molecule has 1 aromatic rings. The summed E-state index contributed by atoms with van der Waals surface area (Å²) < 4.78 is 29.6. The van der Waals surface area contributed by atoms with E-state index >= 15 is 0 Å². The van der Waals surface area contributed by atoms with Crippen LogP contribution in [0.15, 0.2) is 29.2 Å². The molecule has 0 amide bonds. The summed E-state index contributed by atoms with van der Waals surface area (Å²) in [6.07, 6.45) is 0.394. The van der Waals surface area contributed by atoms with E-state index in [2.05, 4.69) is 0 Å². The van der Waals surface area contributed by atoms with Gasteiger partial charge in [-0.1, -0.05) is 20.8 Å². The van der Waals surface area contributed by atoms with E-state index < -0.39 is 10.1 Å². The highest BCUT2D eigenvalue weighted by molar-refractivity contribution is 7.86. The summed E-state index contributed by atoms with van der Waals surface area (Å²) in [5.41, 5.74) is 0.954. The van der Waals surface area contributed by atoms with Crippen LogP contribution in [-0.2, 0) is 14.3 Å². The van der Waals surface area contributed by atoms with Crippen molar-refractivity contribution in [3.8, 4) is 0 Å². The van der Waals surface area contributed by atoms with Gasteiger partial charge in [0.05, 0.1) is 11.0 Å². The summed E-state index contributed by atoms with van der Waals surface area (Å²) >= 11 is 0. The van der Waals surface area contributed by atoms with Crippen LogP contribution in [0.3, 0.4) is 0 Å². The van der Waals surface area contributed by atoms with Crippen LogP contribution in [0.5, 0.6) is 0 Å². The Morgan fingerprint density at radius 2 is 1.68 bits per heavy atom. The summed E-state index contributed by atoms with van der Waals surface area (Å²) in [6, 6.07) is 6.70. The lowest BCUT2D eigenvalue weighted by molar-refractivity contribution is 0.155. The molecule has 108 valence electrons. The average molecular weight is 285 g/mol. The number of hydrogen-bond acceptors (Lipinski definition) is 4. The molecular formula is C14H23NO3S. The summed E-state index contributed by atoms with van der Waals surface area (Å²) in [5.74, 6) is 0.167. The first-order chi connectivity index (χ1) is 8.77. The lowest BCUT2D eigenvalue weighted by Gasteiger charge is -2.19. The maximum atomic E-state index is 12.2.